The highest BCUT2D eigenvalue weighted by Crippen LogP contribution is 2.25. The molecule has 136 valence electrons. The zero-order valence-electron chi connectivity index (χ0n) is 14.3. The number of hydrogen-bond donors (Lipinski definition) is 2. The van der Waals surface area contributed by atoms with Crippen LogP contribution in [0.4, 0.5) is 10.5 Å². The van der Waals surface area contributed by atoms with Crippen molar-refractivity contribution in [3.63, 3.8) is 0 Å². The highest BCUT2D eigenvalue weighted by Gasteiger charge is 2.21. The fraction of sp³-hybridized carbons (Fsp3) is 0.556. The largest absolute Gasteiger partial charge is 0.427 e. The molecule has 1 aliphatic carbocycles. The number of nitrogens with zero attached hydrogens (tertiary/aromatic N) is 1. The van der Waals surface area contributed by atoms with Crippen molar-refractivity contribution in [3.8, 4) is 5.75 Å². The van der Waals surface area contributed by atoms with Crippen LogP contribution in [0.5, 0.6) is 5.75 Å². The summed E-state index contributed by atoms with van der Waals surface area (Å²) < 4.78 is 10.5. The van der Waals surface area contributed by atoms with Gasteiger partial charge in [0.1, 0.15) is 5.75 Å². The van der Waals surface area contributed by atoms with Crippen LogP contribution in [0.3, 0.4) is 0 Å². The highest BCUT2D eigenvalue weighted by atomic mass is 16.6. The van der Waals surface area contributed by atoms with Crippen molar-refractivity contribution in [2.24, 2.45) is 5.92 Å². The second kappa shape index (κ2) is 8.82. The number of hydrazine groups is 1. The lowest BCUT2D eigenvalue weighted by Gasteiger charge is -2.26. The molecule has 1 aromatic rings. The van der Waals surface area contributed by atoms with E-state index in [9.17, 15) is 9.59 Å². The Labute approximate surface area is 147 Å². The minimum absolute atomic E-state index is 0.0819. The van der Waals surface area contributed by atoms with Gasteiger partial charge in [-0.3, -0.25) is 10.2 Å². The Morgan fingerprint density at radius 3 is 2.40 bits per heavy atom. The topological polar surface area (TPSA) is 79.9 Å². The van der Waals surface area contributed by atoms with Crippen LogP contribution < -0.4 is 15.5 Å². The van der Waals surface area contributed by atoms with Gasteiger partial charge in [-0.1, -0.05) is 19.3 Å². The SMILES string of the molecule is O=C(NN1CCOCC1)Oc1ccc(NC(=O)C2CCCCC2)cc1. The molecule has 2 amide bonds. The van der Waals surface area contributed by atoms with Crippen molar-refractivity contribution in [1.29, 1.82) is 0 Å². The molecule has 0 unspecified atom stereocenters. The Balaban J connectivity index is 1.46. The van der Waals surface area contributed by atoms with Crippen molar-refractivity contribution in [3.05, 3.63) is 24.3 Å². The molecule has 2 fully saturated rings. The van der Waals surface area contributed by atoms with Gasteiger partial charge in [-0.05, 0) is 37.1 Å². The summed E-state index contributed by atoms with van der Waals surface area (Å²) in [5.41, 5.74) is 3.40. The molecular weight excluding hydrogens is 322 g/mol. The second-order valence-corrected chi connectivity index (χ2v) is 6.45. The molecule has 1 heterocycles. The molecule has 3 rings (SSSR count). The fourth-order valence-corrected chi connectivity index (χ4v) is 3.15. The maximum atomic E-state index is 12.2. The predicted octanol–water partition coefficient (Wildman–Crippen LogP) is 2.54. The van der Waals surface area contributed by atoms with Crippen molar-refractivity contribution in [2.45, 2.75) is 32.1 Å². The molecule has 2 N–H and O–H groups in total. The lowest BCUT2D eigenvalue weighted by Crippen LogP contribution is -2.49. The molecule has 2 aliphatic rings. The van der Waals surface area contributed by atoms with Gasteiger partial charge in [-0.25, -0.2) is 9.80 Å². The molecule has 25 heavy (non-hydrogen) atoms. The smallest absolute Gasteiger partial charge is 0.409 e. The van der Waals surface area contributed by atoms with E-state index >= 15 is 0 Å². The molecule has 0 spiro atoms. The normalized spacial score (nSPS) is 19.2. The van der Waals surface area contributed by atoms with Crippen LogP contribution >= 0.6 is 0 Å². The summed E-state index contributed by atoms with van der Waals surface area (Å²) in [6.07, 6.45) is 4.89. The van der Waals surface area contributed by atoms with Gasteiger partial charge in [0.25, 0.3) is 0 Å². The predicted molar refractivity (Wildman–Crippen MR) is 93.2 cm³/mol. The van der Waals surface area contributed by atoms with Crippen molar-refractivity contribution in [1.82, 2.24) is 10.4 Å². The summed E-state index contributed by atoms with van der Waals surface area (Å²) in [7, 11) is 0. The maximum Gasteiger partial charge on any atom is 0.427 e. The third-order valence-electron chi connectivity index (χ3n) is 4.57. The molecule has 0 aromatic heterocycles. The number of carbonyl (C=O) groups is 2. The minimum atomic E-state index is -0.527. The van der Waals surface area contributed by atoms with Crippen LogP contribution in [-0.4, -0.2) is 43.3 Å². The average molecular weight is 347 g/mol. The van der Waals surface area contributed by atoms with E-state index in [2.05, 4.69) is 10.7 Å². The van der Waals surface area contributed by atoms with Crippen molar-refractivity contribution in [2.75, 3.05) is 31.6 Å². The minimum Gasteiger partial charge on any atom is -0.409 e. The maximum absolute atomic E-state index is 12.2. The molecule has 1 aliphatic heterocycles. The third kappa shape index (κ3) is 5.44. The first kappa shape index (κ1) is 17.7. The van der Waals surface area contributed by atoms with Crippen LogP contribution in [0.15, 0.2) is 24.3 Å². The van der Waals surface area contributed by atoms with Gasteiger partial charge < -0.3 is 14.8 Å². The van der Waals surface area contributed by atoms with Crippen molar-refractivity contribution >= 4 is 17.7 Å². The molecule has 7 heteroatoms. The van der Waals surface area contributed by atoms with Gasteiger partial charge in [0, 0.05) is 24.7 Å². The van der Waals surface area contributed by atoms with E-state index < -0.39 is 6.09 Å². The van der Waals surface area contributed by atoms with Gasteiger partial charge in [0.05, 0.1) is 13.2 Å². The number of ether oxygens (including phenoxy) is 2. The van der Waals surface area contributed by atoms with E-state index in [4.69, 9.17) is 9.47 Å². The summed E-state index contributed by atoms with van der Waals surface area (Å²) in [5.74, 6) is 0.629. The summed E-state index contributed by atoms with van der Waals surface area (Å²) >= 11 is 0. The van der Waals surface area contributed by atoms with Crippen LogP contribution in [0.25, 0.3) is 0 Å². The summed E-state index contributed by atoms with van der Waals surface area (Å²) in [4.78, 5) is 24.1. The Kier molecular flexibility index (Phi) is 6.25. The number of morpholine rings is 1. The first-order valence-corrected chi connectivity index (χ1v) is 8.93. The number of anilines is 1. The van der Waals surface area contributed by atoms with Crippen LogP contribution in [0, 0.1) is 5.92 Å². The van der Waals surface area contributed by atoms with Gasteiger partial charge in [-0.15, -0.1) is 0 Å². The molecule has 1 aromatic carbocycles. The van der Waals surface area contributed by atoms with E-state index in [-0.39, 0.29) is 11.8 Å². The standard InChI is InChI=1S/C18H25N3O4/c22-17(14-4-2-1-3-5-14)19-15-6-8-16(9-7-15)25-18(23)20-21-10-12-24-13-11-21/h6-9,14H,1-5,10-13H2,(H,19,22)(H,20,23). The van der Waals surface area contributed by atoms with Crippen LogP contribution in [0.2, 0.25) is 0 Å². The number of rotatable bonds is 4. The molecule has 0 atom stereocenters. The summed E-state index contributed by atoms with van der Waals surface area (Å²) in [6, 6.07) is 6.85. The van der Waals surface area contributed by atoms with Crippen LogP contribution in [-0.2, 0) is 9.53 Å². The first-order valence-electron chi connectivity index (χ1n) is 8.93. The molecule has 0 radical (unpaired) electrons. The molecule has 1 saturated carbocycles. The van der Waals surface area contributed by atoms with Crippen molar-refractivity contribution < 1.29 is 19.1 Å². The number of carbonyl (C=O) groups excluding carboxylic acids is 2. The van der Waals surface area contributed by atoms with Gasteiger partial charge in [0.15, 0.2) is 0 Å². The van der Waals surface area contributed by atoms with E-state index in [0.717, 1.165) is 31.4 Å². The third-order valence-corrected chi connectivity index (χ3v) is 4.57. The fourth-order valence-electron chi connectivity index (χ4n) is 3.15. The Morgan fingerprint density at radius 2 is 1.72 bits per heavy atom. The number of benzene rings is 1. The van der Waals surface area contributed by atoms with Crippen LogP contribution in [0.1, 0.15) is 32.1 Å². The Morgan fingerprint density at radius 1 is 1.04 bits per heavy atom. The summed E-state index contributed by atoms with van der Waals surface area (Å²) in [6.45, 7) is 2.47. The van der Waals surface area contributed by atoms with E-state index in [1.54, 1.807) is 29.3 Å². The molecular formula is C18H25N3O4. The molecule has 7 nitrogen and oxygen atoms in total. The first-order chi connectivity index (χ1) is 12.2. The monoisotopic (exact) mass is 347 g/mol. The number of nitrogens with one attached hydrogen (secondary N) is 2. The zero-order valence-corrected chi connectivity index (χ0v) is 14.3. The lowest BCUT2D eigenvalue weighted by atomic mass is 9.88. The highest BCUT2D eigenvalue weighted by molar-refractivity contribution is 5.92. The van der Waals surface area contributed by atoms with E-state index in [0.29, 0.717) is 32.1 Å². The lowest BCUT2D eigenvalue weighted by molar-refractivity contribution is -0.120. The zero-order chi connectivity index (χ0) is 17.5. The van der Waals surface area contributed by atoms with E-state index in [1.165, 1.54) is 6.42 Å². The van der Waals surface area contributed by atoms with Gasteiger partial charge in [0.2, 0.25) is 5.91 Å². The summed E-state index contributed by atoms with van der Waals surface area (Å²) in [5, 5.41) is 4.71. The van der Waals surface area contributed by atoms with Gasteiger partial charge >= 0.3 is 6.09 Å². The second-order valence-electron chi connectivity index (χ2n) is 6.45. The quantitative estimate of drug-likeness (QED) is 0.875. The number of hydrogen-bond acceptors (Lipinski definition) is 5. The number of amides is 2. The van der Waals surface area contributed by atoms with Gasteiger partial charge in [-0.2, -0.15) is 0 Å². The van der Waals surface area contributed by atoms with E-state index in [1.807, 2.05) is 0 Å². The molecule has 1 saturated heterocycles. The Bertz CT molecular complexity index is 578. The average Bonchev–Trinajstić information content (AvgIpc) is 2.65. The molecule has 0 bridgehead atoms. The Hall–Kier alpha value is -2.12.